The SMILES string of the molecule is CCCCOC(=O)C(N)=CC1C=CC=CC1=Cc1ccc(OC)cc1. The maximum atomic E-state index is 11.9. The van der Waals surface area contributed by atoms with Crippen LogP contribution in [0.4, 0.5) is 0 Å². The van der Waals surface area contributed by atoms with Gasteiger partial charge in [-0.2, -0.15) is 0 Å². The maximum absolute atomic E-state index is 11.9. The van der Waals surface area contributed by atoms with Crippen LogP contribution in [0.25, 0.3) is 6.08 Å². The second-order valence-corrected chi connectivity index (χ2v) is 5.80. The summed E-state index contributed by atoms with van der Waals surface area (Å²) >= 11 is 0. The first-order valence-electron chi connectivity index (χ1n) is 8.49. The molecule has 132 valence electrons. The van der Waals surface area contributed by atoms with Crippen LogP contribution in [-0.2, 0) is 9.53 Å². The number of methoxy groups -OCH3 is 1. The molecule has 4 heteroatoms. The van der Waals surface area contributed by atoms with Gasteiger partial charge in [0, 0.05) is 5.92 Å². The van der Waals surface area contributed by atoms with E-state index >= 15 is 0 Å². The van der Waals surface area contributed by atoms with E-state index in [0.29, 0.717) is 6.61 Å². The van der Waals surface area contributed by atoms with Crippen LogP contribution < -0.4 is 10.5 Å². The summed E-state index contributed by atoms with van der Waals surface area (Å²) in [6, 6.07) is 7.81. The average molecular weight is 339 g/mol. The topological polar surface area (TPSA) is 61.5 Å². The van der Waals surface area contributed by atoms with Crippen molar-refractivity contribution in [3.05, 3.63) is 71.5 Å². The number of allylic oxidation sites excluding steroid dienone is 6. The van der Waals surface area contributed by atoms with E-state index in [0.717, 1.165) is 29.7 Å². The van der Waals surface area contributed by atoms with Gasteiger partial charge in [-0.25, -0.2) is 4.79 Å². The average Bonchev–Trinajstić information content (AvgIpc) is 2.64. The third-order valence-electron chi connectivity index (χ3n) is 3.88. The van der Waals surface area contributed by atoms with E-state index < -0.39 is 5.97 Å². The number of hydrogen-bond acceptors (Lipinski definition) is 4. The molecule has 0 fully saturated rings. The molecule has 1 atom stereocenters. The van der Waals surface area contributed by atoms with Gasteiger partial charge in [0.1, 0.15) is 11.4 Å². The lowest BCUT2D eigenvalue weighted by Gasteiger charge is -2.14. The molecule has 0 spiro atoms. The number of rotatable bonds is 7. The fraction of sp³-hybridized carbons (Fsp3) is 0.286. The Bertz CT molecular complexity index is 696. The van der Waals surface area contributed by atoms with Crippen molar-refractivity contribution in [2.24, 2.45) is 11.7 Å². The Morgan fingerprint density at radius 3 is 2.68 bits per heavy atom. The van der Waals surface area contributed by atoms with Crippen LogP contribution >= 0.6 is 0 Å². The molecule has 2 rings (SSSR count). The molecular weight excluding hydrogens is 314 g/mol. The highest BCUT2D eigenvalue weighted by Crippen LogP contribution is 2.24. The normalized spacial score (nSPS) is 18.4. The van der Waals surface area contributed by atoms with Gasteiger partial charge in [-0.3, -0.25) is 0 Å². The van der Waals surface area contributed by atoms with Crippen molar-refractivity contribution in [3.63, 3.8) is 0 Å². The molecule has 4 nitrogen and oxygen atoms in total. The first kappa shape index (κ1) is 18.6. The van der Waals surface area contributed by atoms with Crippen molar-refractivity contribution in [3.8, 4) is 5.75 Å². The van der Waals surface area contributed by atoms with Crippen molar-refractivity contribution >= 4 is 12.0 Å². The fourth-order valence-corrected chi connectivity index (χ4v) is 2.42. The van der Waals surface area contributed by atoms with Gasteiger partial charge in [-0.05, 0) is 35.8 Å². The predicted octanol–water partition coefficient (Wildman–Crippen LogP) is 4.01. The number of nitrogens with two attached hydrogens (primary N) is 1. The summed E-state index contributed by atoms with van der Waals surface area (Å²) in [4.78, 5) is 11.9. The van der Waals surface area contributed by atoms with Gasteiger partial charge in [-0.1, -0.05) is 55.9 Å². The van der Waals surface area contributed by atoms with Crippen LogP contribution in [-0.4, -0.2) is 19.7 Å². The first-order chi connectivity index (χ1) is 12.1. The Morgan fingerprint density at radius 2 is 2.00 bits per heavy atom. The smallest absolute Gasteiger partial charge is 0.353 e. The van der Waals surface area contributed by atoms with Gasteiger partial charge in [0.25, 0.3) is 0 Å². The lowest BCUT2D eigenvalue weighted by molar-refractivity contribution is -0.139. The number of benzene rings is 1. The van der Waals surface area contributed by atoms with Gasteiger partial charge in [0.15, 0.2) is 0 Å². The zero-order chi connectivity index (χ0) is 18.1. The van der Waals surface area contributed by atoms with Crippen molar-refractivity contribution < 1.29 is 14.3 Å². The van der Waals surface area contributed by atoms with E-state index in [1.807, 2.05) is 55.5 Å². The quantitative estimate of drug-likeness (QED) is 0.463. The number of unbranched alkanes of at least 4 members (excludes halogenated alkanes) is 1. The van der Waals surface area contributed by atoms with Crippen LogP contribution in [0, 0.1) is 5.92 Å². The lowest BCUT2D eigenvalue weighted by atomic mass is 9.92. The number of carbonyl (C=O) groups is 1. The molecule has 1 aromatic rings. The molecule has 0 aromatic heterocycles. The highest BCUT2D eigenvalue weighted by Gasteiger charge is 2.13. The number of ether oxygens (including phenoxy) is 2. The summed E-state index contributed by atoms with van der Waals surface area (Å²) in [7, 11) is 1.64. The summed E-state index contributed by atoms with van der Waals surface area (Å²) in [6.07, 6.45) is 13.6. The van der Waals surface area contributed by atoms with Crippen LogP contribution in [0.2, 0.25) is 0 Å². The van der Waals surface area contributed by atoms with Gasteiger partial charge in [0.2, 0.25) is 0 Å². The molecule has 0 radical (unpaired) electrons. The third kappa shape index (κ3) is 5.68. The summed E-state index contributed by atoms with van der Waals surface area (Å²) < 4.78 is 10.3. The highest BCUT2D eigenvalue weighted by atomic mass is 16.5. The van der Waals surface area contributed by atoms with Crippen molar-refractivity contribution in [2.45, 2.75) is 19.8 Å². The molecule has 1 aromatic carbocycles. The largest absolute Gasteiger partial charge is 0.497 e. The molecule has 0 saturated carbocycles. The Balaban J connectivity index is 2.13. The van der Waals surface area contributed by atoms with Crippen molar-refractivity contribution in [1.29, 1.82) is 0 Å². The van der Waals surface area contributed by atoms with Gasteiger partial charge in [-0.15, -0.1) is 0 Å². The summed E-state index contributed by atoms with van der Waals surface area (Å²) in [5, 5.41) is 0. The Labute approximate surface area is 149 Å². The number of esters is 1. The van der Waals surface area contributed by atoms with E-state index in [4.69, 9.17) is 15.2 Å². The van der Waals surface area contributed by atoms with E-state index in [9.17, 15) is 4.79 Å². The summed E-state index contributed by atoms with van der Waals surface area (Å²) in [5.41, 5.74) is 8.16. The molecule has 0 bridgehead atoms. The van der Waals surface area contributed by atoms with Crippen LogP contribution in [0.3, 0.4) is 0 Å². The Kier molecular flexibility index (Phi) is 7.08. The molecule has 1 aliphatic rings. The number of hydrogen-bond donors (Lipinski definition) is 1. The van der Waals surface area contributed by atoms with Gasteiger partial charge >= 0.3 is 5.97 Å². The maximum Gasteiger partial charge on any atom is 0.353 e. The molecule has 1 unspecified atom stereocenters. The van der Waals surface area contributed by atoms with Crippen molar-refractivity contribution in [2.75, 3.05) is 13.7 Å². The fourth-order valence-electron chi connectivity index (χ4n) is 2.42. The lowest BCUT2D eigenvalue weighted by Crippen LogP contribution is -2.17. The molecule has 2 N–H and O–H groups in total. The standard InChI is InChI=1S/C21H25NO3/c1-3-4-13-25-21(23)20(22)15-18-8-6-5-7-17(18)14-16-9-11-19(24-2)12-10-16/h5-12,14-15,18H,3-4,13,22H2,1-2H3. The zero-order valence-electron chi connectivity index (χ0n) is 14.8. The van der Waals surface area contributed by atoms with E-state index in [1.165, 1.54) is 0 Å². The molecule has 0 amide bonds. The minimum absolute atomic E-state index is 0.0640. The molecule has 0 saturated heterocycles. The monoisotopic (exact) mass is 339 g/mol. The Morgan fingerprint density at radius 1 is 1.24 bits per heavy atom. The van der Waals surface area contributed by atoms with Gasteiger partial charge in [0.05, 0.1) is 13.7 Å². The van der Waals surface area contributed by atoms with E-state index in [-0.39, 0.29) is 11.6 Å². The zero-order valence-corrected chi connectivity index (χ0v) is 14.8. The van der Waals surface area contributed by atoms with E-state index in [2.05, 4.69) is 6.08 Å². The van der Waals surface area contributed by atoms with E-state index in [1.54, 1.807) is 13.2 Å². The molecule has 0 heterocycles. The molecule has 1 aliphatic carbocycles. The predicted molar refractivity (Wildman–Crippen MR) is 101 cm³/mol. The second-order valence-electron chi connectivity index (χ2n) is 5.80. The van der Waals surface area contributed by atoms with Crippen molar-refractivity contribution in [1.82, 2.24) is 0 Å². The minimum atomic E-state index is -0.458. The minimum Gasteiger partial charge on any atom is -0.497 e. The third-order valence-corrected chi connectivity index (χ3v) is 3.88. The number of carbonyl (C=O) groups excluding carboxylic acids is 1. The highest BCUT2D eigenvalue weighted by molar-refractivity contribution is 5.87. The molecule has 25 heavy (non-hydrogen) atoms. The van der Waals surface area contributed by atoms with Crippen LogP contribution in [0.15, 0.2) is 65.9 Å². The molecular formula is C21H25NO3. The summed E-state index contributed by atoms with van der Waals surface area (Å²) in [5.74, 6) is 0.294. The van der Waals surface area contributed by atoms with Crippen LogP contribution in [0.5, 0.6) is 5.75 Å². The first-order valence-corrected chi connectivity index (χ1v) is 8.49. The van der Waals surface area contributed by atoms with Gasteiger partial charge < -0.3 is 15.2 Å². The van der Waals surface area contributed by atoms with Crippen LogP contribution in [0.1, 0.15) is 25.3 Å². The molecule has 0 aliphatic heterocycles. The Hall–Kier alpha value is -2.75. The summed E-state index contributed by atoms with van der Waals surface area (Å²) in [6.45, 7) is 2.45. The second kappa shape index (κ2) is 9.52.